The van der Waals surface area contributed by atoms with Crippen LogP contribution in [-0.2, 0) is 4.74 Å². The number of anilines is 1. The molecule has 18 heavy (non-hydrogen) atoms. The second-order valence-electron chi connectivity index (χ2n) is 5.65. The van der Waals surface area contributed by atoms with Crippen molar-refractivity contribution in [2.24, 2.45) is 0 Å². The molecule has 0 spiro atoms. The maximum atomic E-state index is 11.9. The molecule has 0 bridgehead atoms. The molecule has 6 nitrogen and oxygen atoms in total. The van der Waals surface area contributed by atoms with Crippen LogP contribution < -0.4 is 5.73 Å². The van der Waals surface area contributed by atoms with Crippen LogP contribution in [0.1, 0.15) is 38.7 Å². The number of ether oxygens (including phenoxy) is 1. The van der Waals surface area contributed by atoms with E-state index in [-0.39, 0.29) is 12.0 Å². The number of hydrogen-bond donors (Lipinski definition) is 2. The molecule has 2 rings (SSSR count). The van der Waals surface area contributed by atoms with Crippen molar-refractivity contribution >= 4 is 11.9 Å². The maximum Gasteiger partial charge on any atom is 0.410 e. The number of hydrogen-bond acceptors (Lipinski definition) is 4. The number of likely N-dealkylation sites (tertiary alicyclic amines) is 1. The van der Waals surface area contributed by atoms with E-state index in [2.05, 4.69) is 10.2 Å². The van der Waals surface area contributed by atoms with E-state index in [0.717, 1.165) is 12.0 Å². The number of aromatic nitrogens is 2. The quantitative estimate of drug-likeness (QED) is 0.797. The zero-order valence-electron chi connectivity index (χ0n) is 11.1. The van der Waals surface area contributed by atoms with Crippen molar-refractivity contribution < 1.29 is 9.53 Å². The number of carbonyl (C=O) groups excluding carboxylic acids is 1. The Hall–Kier alpha value is -1.72. The Labute approximate surface area is 106 Å². The van der Waals surface area contributed by atoms with Crippen molar-refractivity contribution in [3.05, 3.63) is 11.8 Å². The number of H-pyrrole nitrogens is 1. The monoisotopic (exact) mass is 252 g/mol. The third-order valence-electron chi connectivity index (χ3n) is 2.98. The van der Waals surface area contributed by atoms with Gasteiger partial charge in [-0.2, -0.15) is 5.10 Å². The van der Waals surface area contributed by atoms with Gasteiger partial charge in [-0.15, -0.1) is 0 Å². The smallest absolute Gasteiger partial charge is 0.410 e. The second kappa shape index (κ2) is 4.51. The number of nitrogens with two attached hydrogens (primary N) is 1. The summed E-state index contributed by atoms with van der Waals surface area (Å²) < 4.78 is 5.35. The third-order valence-corrected chi connectivity index (χ3v) is 2.98. The van der Waals surface area contributed by atoms with Crippen LogP contribution in [0.5, 0.6) is 0 Å². The number of nitrogens with zero attached hydrogens (tertiary/aromatic N) is 2. The standard InChI is InChI=1S/C12H20N4O2/c1-12(2,3)18-11(17)16-5-4-8(7-16)9-6-14-15-10(9)13/h6,8H,4-5,7H2,1-3H3,(H3,13,14,15). The van der Waals surface area contributed by atoms with Crippen molar-refractivity contribution in [1.82, 2.24) is 15.1 Å². The van der Waals surface area contributed by atoms with Crippen LogP contribution in [0.15, 0.2) is 6.20 Å². The lowest BCUT2D eigenvalue weighted by Crippen LogP contribution is -2.35. The highest BCUT2D eigenvalue weighted by Gasteiger charge is 2.31. The van der Waals surface area contributed by atoms with E-state index in [9.17, 15) is 4.79 Å². The van der Waals surface area contributed by atoms with E-state index >= 15 is 0 Å². The van der Waals surface area contributed by atoms with E-state index in [1.165, 1.54) is 0 Å². The molecule has 3 N–H and O–H groups in total. The van der Waals surface area contributed by atoms with Crippen LogP contribution >= 0.6 is 0 Å². The van der Waals surface area contributed by atoms with Gasteiger partial charge in [-0.25, -0.2) is 4.79 Å². The van der Waals surface area contributed by atoms with E-state index in [4.69, 9.17) is 10.5 Å². The number of nitrogen functional groups attached to an aromatic ring is 1. The van der Waals surface area contributed by atoms with Gasteiger partial charge < -0.3 is 15.4 Å². The molecule has 100 valence electrons. The Morgan fingerprint density at radius 1 is 1.61 bits per heavy atom. The summed E-state index contributed by atoms with van der Waals surface area (Å²) in [5.74, 6) is 0.835. The highest BCUT2D eigenvalue weighted by Crippen LogP contribution is 2.30. The fourth-order valence-corrected chi connectivity index (χ4v) is 2.14. The lowest BCUT2D eigenvalue weighted by atomic mass is 10.0. The molecule has 0 aliphatic carbocycles. The predicted octanol–water partition coefficient (Wildman–Crippen LogP) is 1.72. The summed E-state index contributed by atoms with van der Waals surface area (Å²) in [6.07, 6.45) is 2.37. The van der Waals surface area contributed by atoms with Crippen molar-refractivity contribution in [2.75, 3.05) is 18.8 Å². The molecule has 1 amide bonds. The maximum absolute atomic E-state index is 11.9. The highest BCUT2D eigenvalue weighted by molar-refractivity contribution is 5.68. The molecule has 1 saturated heterocycles. The molecule has 6 heteroatoms. The average Bonchev–Trinajstić information content (AvgIpc) is 2.82. The Bertz CT molecular complexity index is 436. The summed E-state index contributed by atoms with van der Waals surface area (Å²) in [4.78, 5) is 13.6. The fourth-order valence-electron chi connectivity index (χ4n) is 2.14. The first-order valence-electron chi connectivity index (χ1n) is 6.13. The first-order chi connectivity index (χ1) is 8.37. The molecule has 0 aromatic carbocycles. The Kier molecular flexibility index (Phi) is 3.19. The summed E-state index contributed by atoms with van der Waals surface area (Å²) in [6.45, 7) is 6.94. The van der Waals surface area contributed by atoms with Crippen molar-refractivity contribution in [3.8, 4) is 0 Å². The summed E-state index contributed by atoms with van der Waals surface area (Å²) in [6, 6.07) is 0. The minimum atomic E-state index is -0.455. The molecule has 1 aliphatic heterocycles. The zero-order valence-corrected chi connectivity index (χ0v) is 11.1. The summed E-state index contributed by atoms with van der Waals surface area (Å²) >= 11 is 0. The van der Waals surface area contributed by atoms with Crippen LogP contribution in [0.3, 0.4) is 0 Å². The van der Waals surface area contributed by atoms with E-state index in [1.54, 1.807) is 11.1 Å². The minimum absolute atomic E-state index is 0.247. The lowest BCUT2D eigenvalue weighted by Gasteiger charge is -2.24. The van der Waals surface area contributed by atoms with Gasteiger partial charge in [0, 0.05) is 24.6 Å². The average molecular weight is 252 g/mol. The molecule has 2 heterocycles. The van der Waals surface area contributed by atoms with Crippen LogP contribution in [-0.4, -0.2) is 39.9 Å². The van der Waals surface area contributed by atoms with Crippen LogP contribution in [0.25, 0.3) is 0 Å². The van der Waals surface area contributed by atoms with Gasteiger partial charge in [0.25, 0.3) is 0 Å². The van der Waals surface area contributed by atoms with Gasteiger partial charge >= 0.3 is 6.09 Å². The van der Waals surface area contributed by atoms with Crippen LogP contribution in [0, 0.1) is 0 Å². The van der Waals surface area contributed by atoms with Gasteiger partial charge in [0.05, 0.1) is 6.20 Å². The highest BCUT2D eigenvalue weighted by atomic mass is 16.6. The molecule has 1 aromatic rings. The topological polar surface area (TPSA) is 84.2 Å². The number of carbonyl (C=O) groups is 1. The summed E-state index contributed by atoms with van der Waals surface area (Å²) in [5, 5.41) is 6.63. The van der Waals surface area contributed by atoms with Crippen LogP contribution in [0.4, 0.5) is 10.6 Å². The molecule has 1 atom stereocenters. The molecular formula is C12H20N4O2. The molecule has 0 radical (unpaired) electrons. The lowest BCUT2D eigenvalue weighted by molar-refractivity contribution is 0.0292. The Morgan fingerprint density at radius 3 is 2.89 bits per heavy atom. The van der Waals surface area contributed by atoms with Gasteiger partial charge in [0.1, 0.15) is 11.4 Å². The number of amides is 1. The molecule has 1 unspecified atom stereocenters. The molecule has 1 aliphatic rings. The number of nitrogens with one attached hydrogen (secondary N) is 1. The summed E-state index contributed by atoms with van der Waals surface area (Å²) in [5.41, 5.74) is 6.32. The Balaban J connectivity index is 1.97. The second-order valence-corrected chi connectivity index (χ2v) is 5.65. The molecular weight excluding hydrogens is 232 g/mol. The molecule has 0 saturated carbocycles. The first kappa shape index (κ1) is 12.7. The van der Waals surface area contributed by atoms with Crippen molar-refractivity contribution in [2.45, 2.75) is 38.7 Å². The zero-order chi connectivity index (χ0) is 13.3. The number of aromatic amines is 1. The predicted molar refractivity (Wildman–Crippen MR) is 68.2 cm³/mol. The molecule has 1 fully saturated rings. The van der Waals surface area contributed by atoms with Gasteiger partial charge in [0.2, 0.25) is 0 Å². The van der Waals surface area contributed by atoms with Gasteiger partial charge in [0.15, 0.2) is 0 Å². The first-order valence-corrected chi connectivity index (χ1v) is 6.13. The minimum Gasteiger partial charge on any atom is -0.444 e. The van der Waals surface area contributed by atoms with E-state index in [0.29, 0.717) is 18.9 Å². The van der Waals surface area contributed by atoms with E-state index in [1.807, 2.05) is 20.8 Å². The number of rotatable bonds is 1. The van der Waals surface area contributed by atoms with Crippen LogP contribution in [0.2, 0.25) is 0 Å². The largest absolute Gasteiger partial charge is 0.444 e. The van der Waals surface area contributed by atoms with Gasteiger partial charge in [-0.05, 0) is 27.2 Å². The fraction of sp³-hybridized carbons (Fsp3) is 0.667. The summed E-state index contributed by atoms with van der Waals surface area (Å²) in [7, 11) is 0. The van der Waals surface area contributed by atoms with E-state index < -0.39 is 5.60 Å². The van der Waals surface area contributed by atoms with Gasteiger partial charge in [-0.1, -0.05) is 0 Å². The Morgan fingerprint density at radius 2 is 2.33 bits per heavy atom. The third kappa shape index (κ3) is 2.75. The van der Waals surface area contributed by atoms with Crippen molar-refractivity contribution in [1.29, 1.82) is 0 Å². The van der Waals surface area contributed by atoms with Crippen molar-refractivity contribution in [3.63, 3.8) is 0 Å². The van der Waals surface area contributed by atoms with Gasteiger partial charge in [-0.3, -0.25) is 5.10 Å². The normalized spacial score (nSPS) is 20.2. The molecule has 1 aromatic heterocycles. The SMILES string of the molecule is CC(C)(C)OC(=O)N1CCC(c2cn[nH]c2N)C1.